The average molecular weight is 372 g/mol. The molecule has 1 aliphatic rings. The van der Waals surface area contributed by atoms with Crippen molar-refractivity contribution in [2.75, 3.05) is 18.4 Å². The van der Waals surface area contributed by atoms with Crippen molar-refractivity contribution < 1.29 is 0 Å². The topological polar surface area (TPSA) is 41.1 Å². The first-order chi connectivity index (χ1) is 11.1. The van der Waals surface area contributed by atoms with E-state index >= 15 is 0 Å². The molecule has 1 aliphatic heterocycles. The molecule has 23 heavy (non-hydrogen) atoms. The molecule has 1 saturated heterocycles. The molecule has 1 fully saturated rings. The van der Waals surface area contributed by atoms with E-state index in [2.05, 4.69) is 20.2 Å². The largest absolute Gasteiger partial charge is 0.366 e. The molecule has 122 valence electrons. The van der Waals surface area contributed by atoms with Crippen molar-refractivity contribution in [3.8, 4) is 0 Å². The van der Waals surface area contributed by atoms with E-state index in [9.17, 15) is 0 Å². The molecular weight excluding hydrogens is 355 g/mol. The second-order valence-electron chi connectivity index (χ2n) is 5.67. The number of hydrogen-bond acceptors (Lipinski definition) is 4. The SMILES string of the molecule is Clc1cncc(NC2CCN(Cc3ccc(Cl)c(Cl)c3)CC2)n1. The summed E-state index contributed by atoms with van der Waals surface area (Å²) in [5.41, 5.74) is 1.19. The number of anilines is 1. The highest BCUT2D eigenvalue weighted by atomic mass is 35.5. The van der Waals surface area contributed by atoms with Gasteiger partial charge in [-0.1, -0.05) is 40.9 Å². The van der Waals surface area contributed by atoms with Gasteiger partial charge in [0.25, 0.3) is 0 Å². The highest BCUT2D eigenvalue weighted by Crippen LogP contribution is 2.24. The molecule has 1 aromatic carbocycles. The van der Waals surface area contributed by atoms with Crippen molar-refractivity contribution in [3.63, 3.8) is 0 Å². The third-order valence-electron chi connectivity index (χ3n) is 3.93. The predicted molar refractivity (Wildman–Crippen MR) is 95.4 cm³/mol. The molecule has 0 spiro atoms. The van der Waals surface area contributed by atoms with Crippen molar-refractivity contribution in [3.05, 3.63) is 51.4 Å². The summed E-state index contributed by atoms with van der Waals surface area (Å²) >= 11 is 17.9. The molecule has 1 aromatic heterocycles. The molecule has 0 saturated carbocycles. The molecule has 0 bridgehead atoms. The smallest absolute Gasteiger partial charge is 0.149 e. The third-order valence-corrected chi connectivity index (χ3v) is 4.86. The van der Waals surface area contributed by atoms with E-state index in [0.29, 0.717) is 21.2 Å². The zero-order valence-corrected chi connectivity index (χ0v) is 14.7. The number of nitrogens with one attached hydrogen (secondary N) is 1. The zero-order chi connectivity index (χ0) is 16.2. The van der Waals surface area contributed by atoms with Crippen LogP contribution in [0.1, 0.15) is 18.4 Å². The van der Waals surface area contributed by atoms with E-state index in [-0.39, 0.29) is 0 Å². The molecule has 0 unspecified atom stereocenters. The van der Waals surface area contributed by atoms with Crippen LogP contribution >= 0.6 is 34.8 Å². The molecule has 1 N–H and O–H groups in total. The van der Waals surface area contributed by atoms with Crippen LogP contribution in [0.4, 0.5) is 5.82 Å². The Morgan fingerprint density at radius 2 is 1.87 bits per heavy atom. The lowest BCUT2D eigenvalue weighted by Gasteiger charge is -2.32. The van der Waals surface area contributed by atoms with Crippen LogP contribution < -0.4 is 5.32 Å². The summed E-state index contributed by atoms with van der Waals surface area (Å²) in [4.78, 5) is 10.7. The van der Waals surface area contributed by atoms with Gasteiger partial charge in [-0.3, -0.25) is 9.88 Å². The summed E-state index contributed by atoms with van der Waals surface area (Å²) in [6.45, 7) is 2.93. The lowest BCUT2D eigenvalue weighted by molar-refractivity contribution is 0.211. The van der Waals surface area contributed by atoms with E-state index in [1.807, 2.05) is 18.2 Å². The van der Waals surface area contributed by atoms with Crippen molar-refractivity contribution in [2.24, 2.45) is 0 Å². The molecule has 0 aliphatic carbocycles. The quantitative estimate of drug-likeness (QED) is 0.858. The van der Waals surface area contributed by atoms with Crippen LogP contribution in [0.25, 0.3) is 0 Å². The number of aromatic nitrogens is 2. The molecule has 0 atom stereocenters. The van der Waals surface area contributed by atoms with E-state index < -0.39 is 0 Å². The second kappa shape index (κ2) is 7.67. The Hall–Kier alpha value is -1.07. The fraction of sp³-hybridized carbons (Fsp3) is 0.375. The number of rotatable bonds is 4. The number of piperidine rings is 1. The third kappa shape index (κ3) is 4.70. The highest BCUT2D eigenvalue weighted by Gasteiger charge is 2.19. The number of likely N-dealkylation sites (tertiary alicyclic amines) is 1. The van der Waals surface area contributed by atoms with Crippen molar-refractivity contribution in [1.29, 1.82) is 0 Å². The summed E-state index contributed by atoms with van der Waals surface area (Å²) in [6, 6.07) is 6.22. The summed E-state index contributed by atoms with van der Waals surface area (Å²) in [5.74, 6) is 0.737. The van der Waals surface area contributed by atoms with Crippen molar-refractivity contribution >= 4 is 40.6 Å². The van der Waals surface area contributed by atoms with E-state index in [0.717, 1.165) is 38.3 Å². The molecule has 3 rings (SSSR count). The number of nitrogens with zero attached hydrogens (tertiary/aromatic N) is 3. The molecular formula is C16H17Cl3N4. The van der Waals surface area contributed by atoms with Crippen LogP contribution in [0.2, 0.25) is 15.2 Å². The monoisotopic (exact) mass is 370 g/mol. The van der Waals surface area contributed by atoms with Crippen LogP contribution in [0.3, 0.4) is 0 Å². The van der Waals surface area contributed by atoms with Crippen LogP contribution in [0.15, 0.2) is 30.6 Å². The predicted octanol–water partition coefficient (Wildman–Crippen LogP) is 4.51. The van der Waals surface area contributed by atoms with Gasteiger partial charge in [0.05, 0.1) is 22.4 Å². The zero-order valence-electron chi connectivity index (χ0n) is 12.5. The van der Waals surface area contributed by atoms with Gasteiger partial charge >= 0.3 is 0 Å². The van der Waals surface area contributed by atoms with Gasteiger partial charge in [0.2, 0.25) is 0 Å². The van der Waals surface area contributed by atoms with Crippen LogP contribution in [-0.2, 0) is 6.54 Å². The van der Waals surface area contributed by atoms with Gasteiger partial charge in [-0.25, -0.2) is 4.98 Å². The Labute approximate surface area is 150 Å². The molecule has 2 aromatic rings. The van der Waals surface area contributed by atoms with Gasteiger partial charge in [0.15, 0.2) is 0 Å². The average Bonchev–Trinajstić information content (AvgIpc) is 2.53. The lowest BCUT2D eigenvalue weighted by Crippen LogP contribution is -2.38. The van der Waals surface area contributed by atoms with Crippen molar-refractivity contribution in [2.45, 2.75) is 25.4 Å². The summed E-state index contributed by atoms with van der Waals surface area (Å²) in [7, 11) is 0. The fourth-order valence-electron chi connectivity index (χ4n) is 2.75. The van der Waals surface area contributed by atoms with Crippen LogP contribution in [0.5, 0.6) is 0 Å². The van der Waals surface area contributed by atoms with Gasteiger partial charge in [-0.05, 0) is 30.5 Å². The summed E-state index contributed by atoms with van der Waals surface area (Å²) in [6.07, 6.45) is 5.34. The molecule has 7 heteroatoms. The fourth-order valence-corrected chi connectivity index (χ4v) is 3.22. The maximum Gasteiger partial charge on any atom is 0.149 e. The number of benzene rings is 1. The molecule has 0 amide bonds. The first-order valence-corrected chi connectivity index (χ1v) is 8.64. The Kier molecular flexibility index (Phi) is 5.59. The van der Waals surface area contributed by atoms with Gasteiger partial charge in [-0.2, -0.15) is 0 Å². The van der Waals surface area contributed by atoms with Gasteiger partial charge in [0.1, 0.15) is 11.0 Å². The Morgan fingerprint density at radius 3 is 2.57 bits per heavy atom. The minimum atomic E-state index is 0.396. The van der Waals surface area contributed by atoms with Gasteiger partial charge in [-0.15, -0.1) is 0 Å². The first-order valence-electron chi connectivity index (χ1n) is 7.50. The van der Waals surface area contributed by atoms with Gasteiger partial charge < -0.3 is 5.32 Å². The summed E-state index contributed by atoms with van der Waals surface area (Å²) in [5, 5.41) is 5.02. The normalized spacial score (nSPS) is 16.5. The Bertz CT molecular complexity index is 672. The number of hydrogen-bond donors (Lipinski definition) is 1. The van der Waals surface area contributed by atoms with E-state index in [1.54, 1.807) is 6.20 Å². The van der Waals surface area contributed by atoms with Crippen LogP contribution in [0, 0.1) is 0 Å². The minimum absolute atomic E-state index is 0.396. The Morgan fingerprint density at radius 1 is 1.09 bits per heavy atom. The summed E-state index contributed by atoms with van der Waals surface area (Å²) < 4.78 is 0. The second-order valence-corrected chi connectivity index (χ2v) is 6.87. The molecule has 0 radical (unpaired) electrons. The van der Waals surface area contributed by atoms with E-state index in [1.165, 1.54) is 11.8 Å². The molecule has 2 heterocycles. The van der Waals surface area contributed by atoms with Crippen molar-refractivity contribution in [1.82, 2.24) is 14.9 Å². The van der Waals surface area contributed by atoms with Crippen LogP contribution in [-0.4, -0.2) is 34.0 Å². The maximum atomic E-state index is 6.07. The lowest BCUT2D eigenvalue weighted by atomic mass is 10.0. The van der Waals surface area contributed by atoms with Gasteiger partial charge in [0, 0.05) is 25.7 Å². The molecule has 4 nitrogen and oxygen atoms in total. The minimum Gasteiger partial charge on any atom is -0.366 e. The Balaban J connectivity index is 1.51. The highest BCUT2D eigenvalue weighted by molar-refractivity contribution is 6.42. The number of halogens is 3. The maximum absolute atomic E-state index is 6.07. The van der Waals surface area contributed by atoms with E-state index in [4.69, 9.17) is 34.8 Å². The standard InChI is InChI=1S/C16H17Cl3N4/c17-13-2-1-11(7-14(13)18)10-23-5-3-12(4-6-23)21-16-9-20-8-15(19)22-16/h1-2,7-9,12H,3-6,10H2,(H,21,22). The first kappa shape index (κ1) is 16.8.